The van der Waals surface area contributed by atoms with Gasteiger partial charge in [0.05, 0.1) is 0 Å². The minimum Gasteiger partial charge on any atom is -0.326 e. The number of carbonyl (C=O) groups is 1. The third kappa shape index (κ3) is 3.86. The fraction of sp³-hybridized carbons (Fsp3) is 0.417. The molecule has 0 fully saturated rings. The first kappa shape index (κ1) is 13.2. The Morgan fingerprint density at radius 3 is 2.65 bits per heavy atom. The lowest BCUT2D eigenvalue weighted by molar-refractivity contribution is -0.517. The zero-order valence-corrected chi connectivity index (χ0v) is 10.2. The summed E-state index contributed by atoms with van der Waals surface area (Å²) in [6.45, 7) is 4.91. The van der Waals surface area contributed by atoms with Crippen molar-refractivity contribution in [1.82, 2.24) is 0 Å². The van der Waals surface area contributed by atoms with Crippen LogP contribution in [0.25, 0.3) is 0 Å². The van der Waals surface area contributed by atoms with Gasteiger partial charge in [0.25, 0.3) is 0 Å². The van der Waals surface area contributed by atoms with Gasteiger partial charge in [-0.1, -0.05) is 6.07 Å². The summed E-state index contributed by atoms with van der Waals surface area (Å²) in [5, 5.41) is 13.3. The van der Waals surface area contributed by atoms with E-state index in [4.69, 9.17) is 0 Å². The van der Waals surface area contributed by atoms with Gasteiger partial charge in [-0.2, -0.15) is 0 Å². The van der Waals surface area contributed by atoms with Crippen LogP contribution >= 0.6 is 0 Å². The van der Waals surface area contributed by atoms with Crippen molar-refractivity contribution in [3.8, 4) is 0 Å². The molecule has 1 atom stereocenters. The molecular formula is C12H16N2O3. The first-order valence-corrected chi connectivity index (χ1v) is 5.40. The molecule has 92 valence electrons. The largest absolute Gasteiger partial charge is 0.326 e. The molecule has 0 aliphatic carbocycles. The number of nitro groups is 1. The van der Waals surface area contributed by atoms with Crippen molar-refractivity contribution in [3.63, 3.8) is 0 Å². The number of anilines is 1. The van der Waals surface area contributed by atoms with E-state index in [0.717, 1.165) is 11.1 Å². The molecule has 5 heteroatoms. The second-order valence-electron chi connectivity index (χ2n) is 4.16. The van der Waals surface area contributed by atoms with Gasteiger partial charge >= 0.3 is 0 Å². The molecule has 0 saturated heterocycles. The normalized spacial score (nSPS) is 11.9. The van der Waals surface area contributed by atoms with Crippen molar-refractivity contribution in [3.05, 3.63) is 39.4 Å². The Morgan fingerprint density at radius 2 is 2.18 bits per heavy atom. The molecule has 5 nitrogen and oxygen atoms in total. The van der Waals surface area contributed by atoms with E-state index in [0.29, 0.717) is 12.1 Å². The van der Waals surface area contributed by atoms with E-state index >= 15 is 0 Å². The molecule has 0 saturated carbocycles. The number of nitrogens with one attached hydrogen (secondary N) is 1. The van der Waals surface area contributed by atoms with E-state index < -0.39 is 6.04 Å². The monoisotopic (exact) mass is 236 g/mol. The van der Waals surface area contributed by atoms with Crippen molar-refractivity contribution in [1.29, 1.82) is 0 Å². The molecule has 0 radical (unpaired) electrons. The average Bonchev–Trinajstić information content (AvgIpc) is 2.20. The number of nitrogens with zero attached hydrogens (tertiary/aromatic N) is 1. The summed E-state index contributed by atoms with van der Waals surface area (Å²) >= 11 is 0. The van der Waals surface area contributed by atoms with Crippen LogP contribution in [-0.2, 0) is 11.2 Å². The predicted octanol–water partition coefficient (Wildman–Crippen LogP) is 2.16. The second kappa shape index (κ2) is 5.43. The van der Waals surface area contributed by atoms with Crippen LogP contribution in [0.3, 0.4) is 0 Å². The lowest BCUT2D eigenvalue weighted by atomic mass is 10.0. The summed E-state index contributed by atoms with van der Waals surface area (Å²) in [7, 11) is 0. The first-order valence-electron chi connectivity index (χ1n) is 5.40. The zero-order valence-electron chi connectivity index (χ0n) is 10.2. The van der Waals surface area contributed by atoms with E-state index in [1.807, 2.05) is 19.1 Å². The van der Waals surface area contributed by atoms with E-state index in [-0.39, 0.29) is 10.8 Å². The van der Waals surface area contributed by atoms with Gasteiger partial charge in [-0.25, -0.2) is 0 Å². The van der Waals surface area contributed by atoms with Gasteiger partial charge in [-0.3, -0.25) is 14.9 Å². The minimum atomic E-state index is -0.597. The molecule has 0 aliphatic rings. The van der Waals surface area contributed by atoms with Gasteiger partial charge in [-0.15, -0.1) is 0 Å². The maximum absolute atomic E-state index is 10.9. The number of hydrogen-bond acceptors (Lipinski definition) is 3. The van der Waals surface area contributed by atoms with Crippen LogP contribution in [0, 0.1) is 17.0 Å². The van der Waals surface area contributed by atoms with Crippen LogP contribution in [0.15, 0.2) is 18.2 Å². The molecular weight excluding hydrogens is 220 g/mol. The SMILES string of the molecule is CC(=O)Nc1ccc(CC(C)[N+](=O)[O-])c(C)c1. The lowest BCUT2D eigenvalue weighted by Crippen LogP contribution is -2.18. The third-order valence-corrected chi connectivity index (χ3v) is 2.54. The van der Waals surface area contributed by atoms with Crippen molar-refractivity contribution in [2.24, 2.45) is 0 Å². The van der Waals surface area contributed by atoms with Crippen LogP contribution in [0.5, 0.6) is 0 Å². The Hall–Kier alpha value is -1.91. The predicted molar refractivity (Wildman–Crippen MR) is 65.6 cm³/mol. The first-order chi connectivity index (χ1) is 7.90. The van der Waals surface area contributed by atoms with Crippen LogP contribution < -0.4 is 5.32 Å². The zero-order chi connectivity index (χ0) is 13.0. The topological polar surface area (TPSA) is 72.2 Å². The van der Waals surface area contributed by atoms with E-state index in [2.05, 4.69) is 5.32 Å². The number of carbonyl (C=O) groups excluding carboxylic acids is 1. The Labute approximate surface area is 100.0 Å². The lowest BCUT2D eigenvalue weighted by Gasteiger charge is -2.09. The van der Waals surface area contributed by atoms with Gasteiger partial charge < -0.3 is 5.32 Å². The van der Waals surface area contributed by atoms with Gasteiger partial charge in [0.15, 0.2) is 0 Å². The number of hydrogen-bond donors (Lipinski definition) is 1. The summed E-state index contributed by atoms with van der Waals surface area (Å²) in [6, 6.07) is 4.81. The summed E-state index contributed by atoms with van der Waals surface area (Å²) in [4.78, 5) is 21.2. The van der Waals surface area contributed by atoms with Crippen LogP contribution in [0.1, 0.15) is 25.0 Å². The third-order valence-electron chi connectivity index (χ3n) is 2.54. The molecule has 1 aromatic carbocycles. The highest BCUT2D eigenvalue weighted by atomic mass is 16.6. The highest BCUT2D eigenvalue weighted by Gasteiger charge is 2.14. The van der Waals surface area contributed by atoms with E-state index in [1.54, 1.807) is 13.0 Å². The second-order valence-corrected chi connectivity index (χ2v) is 4.16. The summed E-state index contributed by atoms with van der Waals surface area (Å²) in [5.74, 6) is -0.129. The fourth-order valence-corrected chi connectivity index (χ4v) is 1.60. The van der Waals surface area contributed by atoms with Crippen molar-refractivity contribution >= 4 is 11.6 Å². The Bertz CT molecular complexity index is 443. The number of benzene rings is 1. The highest BCUT2D eigenvalue weighted by molar-refractivity contribution is 5.88. The Kier molecular flexibility index (Phi) is 4.20. The molecule has 17 heavy (non-hydrogen) atoms. The maximum Gasteiger partial charge on any atom is 0.221 e. The minimum absolute atomic E-state index is 0.129. The van der Waals surface area contributed by atoms with Gasteiger partial charge in [0.2, 0.25) is 11.9 Å². The molecule has 1 N–H and O–H groups in total. The molecule has 0 heterocycles. The number of rotatable bonds is 4. The standard InChI is InChI=1S/C12H16N2O3/c1-8-6-12(13-10(3)15)5-4-11(8)7-9(2)14(16)17/h4-6,9H,7H2,1-3H3,(H,13,15). The summed E-state index contributed by atoms with van der Waals surface area (Å²) in [6.07, 6.45) is 0.402. The molecule has 1 amide bonds. The van der Waals surface area contributed by atoms with Crippen LogP contribution in [0.2, 0.25) is 0 Å². The van der Waals surface area contributed by atoms with Crippen molar-refractivity contribution in [2.45, 2.75) is 33.2 Å². The van der Waals surface area contributed by atoms with Crippen LogP contribution in [0.4, 0.5) is 5.69 Å². The van der Waals surface area contributed by atoms with E-state index in [1.165, 1.54) is 6.92 Å². The molecule has 0 bridgehead atoms. The van der Waals surface area contributed by atoms with Crippen molar-refractivity contribution in [2.75, 3.05) is 5.32 Å². The van der Waals surface area contributed by atoms with Crippen LogP contribution in [-0.4, -0.2) is 16.9 Å². The Balaban J connectivity index is 2.82. The fourth-order valence-electron chi connectivity index (χ4n) is 1.60. The van der Waals surface area contributed by atoms with E-state index in [9.17, 15) is 14.9 Å². The van der Waals surface area contributed by atoms with Crippen molar-refractivity contribution < 1.29 is 9.72 Å². The quantitative estimate of drug-likeness (QED) is 0.643. The van der Waals surface area contributed by atoms with Gasteiger partial charge in [0.1, 0.15) is 0 Å². The number of aryl methyl sites for hydroxylation is 1. The molecule has 0 aromatic heterocycles. The maximum atomic E-state index is 10.9. The number of amides is 1. The molecule has 1 aromatic rings. The van der Waals surface area contributed by atoms with Gasteiger partial charge in [-0.05, 0) is 30.2 Å². The molecule has 0 aliphatic heterocycles. The average molecular weight is 236 g/mol. The Morgan fingerprint density at radius 1 is 1.53 bits per heavy atom. The van der Waals surface area contributed by atoms with Gasteiger partial charge in [0, 0.05) is 30.9 Å². The highest BCUT2D eigenvalue weighted by Crippen LogP contribution is 2.17. The molecule has 0 spiro atoms. The smallest absolute Gasteiger partial charge is 0.221 e. The summed E-state index contributed by atoms with van der Waals surface area (Å²) < 4.78 is 0. The molecule has 1 rings (SSSR count). The summed E-state index contributed by atoms with van der Waals surface area (Å²) in [5.41, 5.74) is 2.60. The molecule has 1 unspecified atom stereocenters.